The van der Waals surface area contributed by atoms with E-state index in [1.807, 2.05) is 6.07 Å². The highest BCUT2D eigenvalue weighted by atomic mass is 35.5. The number of carbonyl (C=O) groups excluding carboxylic acids is 1. The van der Waals surface area contributed by atoms with E-state index in [1.165, 1.54) is 30.4 Å². The summed E-state index contributed by atoms with van der Waals surface area (Å²) in [6, 6.07) is 19.8. The monoisotopic (exact) mass is 470 g/mol. The van der Waals surface area contributed by atoms with Gasteiger partial charge in [-0.05, 0) is 36.4 Å². The van der Waals surface area contributed by atoms with E-state index in [2.05, 4.69) is 5.16 Å². The largest absolute Gasteiger partial charge is 0.480 e. The smallest absolute Gasteiger partial charge is 0.372 e. The zero-order valence-electron chi connectivity index (χ0n) is 16.5. The number of rotatable bonds is 8. The van der Waals surface area contributed by atoms with Crippen LogP contribution in [-0.4, -0.2) is 23.2 Å². The van der Waals surface area contributed by atoms with E-state index in [0.717, 1.165) is 0 Å². The fourth-order valence-corrected chi connectivity index (χ4v) is 3.07. The lowest BCUT2D eigenvalue weighted by atomic mass is 10.1. The van der Waals surface area contributed by atoms with Crippen molar-refractivity contribution < 1.29 is 19.3 Å². The van der Waals surface area contributed by atoms with E-state index >= 15 is 0 Å². The van der Waals surface area contributed by atoms with Crippen molar-refractivity contribution in [1.82, 2.24) is 0 Å². The van der Waals surface area contributed by atoms with Gasteiger partial charge < -0.3 is 9.57 Å². The average molecular weight is 471 g/mol. The van der Waals surface area contributed by atoms with Crippen LogP contribution in [0.4, 0.5) is 5.69 Å². The van der Waals surface area contributed by atoms with E-state index in [4.69, 9.17) is 32.8 Å². The van der Waals surface area contributed by atoms with Crippen LogP contribution in [0, 0.1) is 10.1 Å². The third kappa shape index (κ3) is 6.41. The third-order valence-corrected chi connectivity index (χ3v) is 4.64. The predicted molar refractivity (Wildman–Crippen MR) is 123 cm³/mol. The molecule has 0 aromatic heterocycles. The molecule has 0 bridgehead atoms. The zero-order chi connectivity index (χ0) is 22.9. The SMILES string of the molecule is O=C(COc1ccc(Cl)cc1Cl)ON=C(/C=C\c1ccccc1[N+](=O)[O-])c1ccccc1. The summed E-state index contributed by atoms with van der Waals surface area (Å²) in [4.78, 5) is 27.8. The zero-order valence-corrected chi connectivity index (χ0v) is 18.0. The number of carbonyl (C=O) groups is 1. The fourth-order valence-electron chi connectivity index (χ4n) is 2.61. The molecule has 0 saturated heterocycles. The second-order valence-corrected chi connectivity index (χ2v) is 7.16. The Hall–Kier alpha value is -3.68. The molecule has 0 heterocycles. The number of benzene rings is 3. The molecule has 9 heteroatoms. The van der Waals surface area contributed by atoms with Gasteiger partial charge in [0.15, 0.2) is 6.61 Å². The van der Waals surface area contributed by atoms with Crippen molar-refractivity contribution in [2.75, 3.05) is 6.61 Å². The molecule has 0 amide bonds. The number of allylic oxidation sites excluding steroid dienone is 1. The molecule has 162 valence electrons. The Labute approximate surface area is 193 Å². The molecule has 32 heavy (non-hydrogen) atoms. The summed E-state index contributed by atoms with van der Waals surface area (Å²) in [5.41, 5.74) is 1.27. The van der Waals surface area contributed by atoms with Gasteiger partial charge in [-0.2, -0.15) is 0 Å². The molecule has 0 unspecified atom stereocenters. The molecule has 3 aromatic rings. The van der Waals surface area contributed by atoms with Crippen molar-refractivity contribution in [2.24, 2.45) is 5.16 Å². The average Bonchev–Trinajstić information content (AvgIpc) is 2.79. The van der Waals surface area contributed by atoms with E-state index in [9.17, 15) is 14.9 Å². The van der Waals surface area contributed by atoms with Crippen LogP contribution >= 0.6 is 23.2 Å². The van der Waals surface area contributed by atoms with E-state index in [0.29, 0.717) is 21.9 Å². The molecule has 0 aliphatic heterocycles. The Morgan fingerprint density at radius 2 is 1.75 bits per heavy atom. The number of ether oxygens (including phenoxy) is 1. The summed E-state index contributed by atoms with van der Waals surface area (Å²) in [5.74, 6) is -0.486. The molecule has 0 spiro atoms. The highest BCUT2D eigenvalue weighted by Gasteiger charge is 2.11. The topological polar surface area (TPSA) is 91.0 Å². The lowest BCUT2D eigenvalue weighted by molar-refractivity contribution is -0.385. The van der Waals surface area contributed by atoms with Crippen LogP contribution in [0.1, 0.15) is 11.1 Å². The number of hydrogen-bond acceptors (Lipinski definition) is 6. The lowest BCUT2D eigenvalue weighted by Crippen LogP contribution is -2.13. The maximum atomic E-state index is 12.1. The van der Waals surface area contributed by atoms with Gasteiger partial charge in [0, 0.05) is 16.7 Å². The second-order valence-electron chi connectivity index (χ2n) is 6.32. The molecule has 0 radical (unpaired) electrons. The van der Waals surface area contributed by atoms with Gasteiger partial charge in [0.2, 0.25) is 0 Å². The van der Waals surface area contributed by atoms with Crippen molar-refractivity contribution in [3.63, 3.8) is 0 Å². The maximum Gasteiger partial charge on any atom is 0.372 e. The van der Waals surface area contributed by atoms with Crippen LogP contribution in [0.5, 0.6) is 5.75 Å². The third-order valence-electron chi connectivity index (χ3n) is 4.11. The van der Waals surface area contributed by atoms with E-state index in [1.54, 1.807) is 48.5 Å². The second kappa shape index (κ2) is 11.1. The number of hydrogen-bond donors (Lipinski definition) is 0. The number of nitro groups is 1. The summed E-state index contributed by atoms with van der Waals surface area (Å²) < 4.78 is 5.34. The van der Waals surface area contributed by atoms with Gasteiger partial charge in [0.25, 0.3) is 5.69 Å². The Balaban J connectivity index is 1.76. The molecule has 0 fully saturated rings. The van der Waals surface area contributed by atoms with Gasteiger partial charge >= 0.3 is 5.97 Å². The van der Waals surface area contributed by atoms with Crippen LogP contribution in [0.2, 0.25) is 10.0 Å². The minimum atomic E-state index is -0.761. The van der Waals surface area contributed by atoms with Crippen LogP contribution in [-0.2, 0) is 9.63 Å². The molecule has 0 atom stereocenters. The summed E-state index contributed by atoms with van der Waals surface area (Å²) in [5, 5.41) is 15.8. The first-order valence-electron chi connectivity index (χ1n) is 9.26. The summed E-state index contributed by atoms with van der Waals surface area (Å²) in [7, 11) is 0. The van der Waals surface area contributed by atoms with Crippen molar-refractivity contribution in [3.05, 3.63) is 110 Å². The first-order chi connectivity index (χ1) is 15.4. The van der Waals surface area contributed by atoms with Gasteiger partial charge in [-0.25, -0.2) is 4.79 Å². The molecule has 0 aliphatic rings. The van der Waals surface area contributed by atoms with Crippen molar-refractivity contribution in [2.45, 2.75) is 0 Å². The van der Waals surface area contributed by atoms with E-state index < -0.39 is 17.5 Å². The highest BCUT2D eigenvalue weighted by molar-refractivity contribution is 6.35. The summed E-state index contributed by atoms with van der Waals surface area (Å²) in [6.45, 7) is -0.430. The highest BCUT2D eigenvalue weighted by Crippen LogP contribution is 2.27. The van der Waals surface area contributed by atoms with Gasteiger partial charge in [-0.3, -0.25) is 10.1 Å². The molecule has 0 N–H and O–H groups in total. The Morgan fingerprint density at radius 1 is 1.03 bits per heavy atom. The van der Waals surface area contributed by atoms with E-state index in [-0.39, 0.29) is 16.5 Å². The Morgan fingerprint density at radius 3 is 2.47 bits per heavy atom. The number of halogens is 2. The standard InChI is InChI=1S/C23H16Cl2N2O5/c24-18-11-13-22(19(25)14-18)31-15-23(28)32-26-20(16-6-2-1-3-7-16)12-10-17-8-4-5-9-21(17)27(29)30/h1-14H,15H2/b12-10-,26-20?. The number of oxime groups is 1. The van der Waals surface area contributed by atoms with Gasteiger partial charge in [-0.15, -0.1) is 0 Å². The predicted octanol–water partition coefficient (Wildman–Crippen LogP) is 5.94. The molecule has 3 rings (SSSR count). The minimum Gasteiger partial charge on any atom is -0.480 e. The van der Waals surface area contributed by atoms with Crippen molar-refractivity contribution in [1.29, 1.82) is 0 Å². The van der Waals surface area contributed by atoms with Gasteiger partial charge in [0.1, 0.15) is 11.5 Å². The Kier molecular flexibility index (Phi) is 7.96. The van der Waals surface area contributed by atoms with Gasteiger partial charge in [-0.1, -0.05) is 70.8 Å². The molecule has 0 saturated carbocycles. The Bertz CT molecular complexity index is 1180. The fraction of sp³-hybridized carbons (Fsp3) is 0.0435. The summed E-state index contributed by atoms with van der Waals surface area (Å²) >= 11 is 11.8. The number of nitrogens with zero attached hydrogens (tertiary/aromatic N) is 2. The first-order valence-corrected chi connectivity index (χ1v) is 10.0. The maximum absolute atomic E-state index is 12.1. The summed E-state index contributed by atoms with van der Waals surface area (Å²) in [6.07, 6.45) is 3.06. The van der Waals surface area contributed by atoms with Crippen LogP contribution in [0.25, 0.3) is 6.08 Å². The quantitative estimate of drug-likeness (QED) is 0.176. The number of nitro benzene ring substituents is 1. The molecule has 3 aromatic carbocycles. The van der Waals surface area contributed by atoms with Crippen LogP contribution in [0.15, 0.2) is 84.0 Å². The van der Waals surface area contributed by atoms with Crippen LogP contribution < -0.4 is 4.74 Å². The van der Waals surface area contributed by atoms with Crippen molar-refractivity contribution in [3.8, 4) is 5.75 Å². The minimum absolute atomic E-state index is 0.0543. The first kappa shape index (κ1) is 23.0. The molecule has 7 nitrogen and oxygen atoms in total. The van der Waals surface area contributed by atoms with Crippen molar-refractivity contribution >= 4 is 46.6 Å². The molecule has 0 aliphatic carbocycles. The number of para-hydroxylation sites is 1. The molecular formula is C23H16Cl2N2O5. The molecular weight excluding hydrogens is 455 g/mol. The normalized spacial score (nSPS) is 11.4. The van der Waals surface area contributed by atoms with Crippen LogP contribution in [0.3, 0.4) is 0 Å². The lowest BCUT2D eigenvalue weighted by Gasteiger charge is -2.07. The van der Waals surface area contributed by atoms with Gasteiger partial charge in [0.05, 0.1) is 15.5 Å².